The van der Waals surface area contributed by atoms with E-state index in [9.17, 15) is 0 Å². The van der Waals surface area contributed by atoms with E-state index in [-0.39, 0.29) is 50.6 Å². The monoisotopic (exact) mass is 759 g/mol. The van der Waals surface area contributed by atoms with Crippen LogP contribution in [0.3, 0.4) is 0 Å². The van der Waals surface area contributed by atoms with E-state index >= 15 is 0 Å². The van der Waals surface area contributed by atoms with Gasteiger partial charge in [0.25, 0.3) is 0 Å². The van der Waals surface area contributed by atoms with E-state index in [1.54, 1.807) is 11.0 Å². The maximum atomic E-state index is 7.63. The van der Waals surface area contributed by atoms with Crippen LogP contribution in [0.4, 0.5) is 17.1 Å². The van der Waals surface area contributed by atoms with Gasteiger partial charge in [0.15, 0.2) is 0 Å². The lowest BCUT2D eigenvalue weighted by atomic mass is 9.28. The van der Waals surface area contributed by atoms with Crippen LogP contribution in [0.2, 0.25) is 0 Å². The molecule has 6 atom stereocenters. The number of hydrogen-bond acceptors (Lipinski definition) is 3. The summed E-state index contributed by atoms with van der Waals surface area (Å²) < 4.78 is 7.87. The Balaban J connectivity index is 1.27. The van der Waals surface area contributed by atoms with Crippen molar-refractivity contribution in [3.63, 3.8) is 0 Å². The van der Waals surface area contributed by atoms with Gasteiger partial charge in [-0.15, -0.1) is 11.8 Å². The Bertz CT molecular complexity index is 2360. The molecular formula is C52H62BNOS. The van der Waals surface area contributed by atoms with Gasteiger partial charge in [0.2, 0.25) is 6.71 Å². The fraction of sp³-hybridized carbons (Fsp3) is 0.500. The highest BCUT2D eigenvalue weighted by molar-refractivity contribution is 8.01. The predicted octanol–water partition coefficient (Wildman–Crippen LogP) is 13.0. The van der Waals surface area contributed by atoms with E-state index in [1.807, 2.05) is 0 Å². The lowest BCUT2D eigenvalue weighted by Gasteiger charge is -2.45. The van der Waals surface area contributed by atoms with Gasteiger partial charge in [-0.3, -0.25) is 0 Å². The van der Waals surface area contributed by atoms with Crippen LogP contribution in [0, 0.1) is 12.3 Å². The molecule has 290 valence electrons. The first kappa shape index (κ1) is 36.9. The molecule has 2 aliphatic carbocycles. The van der Waals surface area contributed by atoms with E-state index in [0.717, 1.165) is 6.42 Å². The number of benzene rings is 4. The first-order chi connectivity index (χ1) is 26.3. The summed E-state index contributed by atoms with van der Waals surface area (Å²) in [6.45, 7) is 29.1. The zero-order chi connectivity index (χ0) is 39.5. The standard InChI is InChI=1S/C52H62BNOS/c1-31-26-37-43(32(2)33-18-20-34(21-19-33)47(3,4)5)45-46(50(10)23-14-24-51(50,11)55-45)53-39-30-42-38(49(9)22-15-25-52(49,12)56-42)29-40(39)54(41(27-31)44(37)53)36-17-13-16-35(28-36)48(6,7)8/h13,16-21,26-30,32,43H,14-15,22-25H2,1-12H3. The Kier molecular flexibility index (Phi) is 7.68. The third kappa shape index (κ3) is 4.83. The normalized spacial score (nSPS) is 30.4. The van der Waals surface area contributed by atoms with Crippen LogP contribution in [0.5, 0.6) is 0 Å². The first-order valence-corrected chi connectivity index (χ1v) is 22.6. The van der Waals surface area contributed by atoms with Crippen molar-refractivity contribution in [2.45, 2.75) is 165 Å². The van der Waals surface area contributed by atoms with E-state index in [1.165, 1.54) is 98.6 Å². The van der Waals surface area contributed by atoms with Crippen LogP contribution in [0.25, 0.3) is 0 Å². The lowest BCUT2D eigenvalue weighted by Crippen LogP contribution is -2.58. The average Bonchev–Trinajstić information content (AvgIpc) is 3.74. The number of thioether (sulfide) groups is 1. The quantitative estimate of drug-likeness (QED) is 0.193. The second-order valence-electron chi connectivity index (χ2n) is 21.7. The number of aryl methyl sites for hydroxylation is 1. The van der Waals surface area contributed by atoms with Gasteiger partial charge in [-0.1, -0.05) is 117 Å². The zero-order valence-electron chi connectivity index (χ0n) is 36.2. The van der Waals surface area contributed by atoms with Crippen molar-refractivity contribution in [1.29, 1.82) is 0 Å². The highest BCUT2D eigenvalue weighted by atomic mass is 32.2. The maximum Gasteiger partial charge on any atom is 0.247 e. The summed E-state index contributed by atoms with van der Waals surface area (Å²) >= 11 is 2.18. The Hall–Kier alpha value is -3.37. The molecule has 10 rings (SSSR count). The van der Waals surface area contributed by atoms with Crippen molar-refractivity contribution in [2.75, 3.05) is 4.90 Å². The van der Waals surface area contributed by atoms with Gasteiger partial charge in [0, 0.05) is 43.5 Å². The maximum absolute atomic E-state index is 7.63. The fourth-order valence-corrected chi connectivity index (χ4v) is 14.2. The molecule has 56 heavy (non-hydrogen) atoms. The molecule has 0 aromatic heterocycles. The number of fused-ring (bicyclic) bond motifs is 8. The number of allylic oxidation sites excluding steroid dienone is 1. The molecule has 4 aromatic rings. The summed E-state index contributed by atoms with van der Waals surface area (Å²) in [5.74, 6) is 1.68. The number of ether oxygens (including phenoxy) is 1. The van der Waals surface area contributed by atoms with Crippen LogP contribution in [-0.4, -0.2) is 17.1 Å². The van der Waals surface area contributed by atoms with Gasteiger partial charge in [0.1, 0.15) is 5.60 Å². The summed E-state index contributed by atoms with van der Waals surface area (Å²) in [7, 11) is 0. The summed E-state index contributed by atoms with van der Waals surface area (Å²) in [4.78, 5) is 4.22. The molecule has 0 saturated heterocycles. The molecule has 0 spiro atoms. The minimum Gasteiger partial charge on any atom is -0.491 e. The van der Waals surface area contributed by atoms with E-state index < -0.39 is 0 Å². The van der Waals surface area contributed by atoms with Crippen LogP contribution in [0.15, 0.2) is 88.9 Å². The van der Waals surface area contributed by atoms with Gasteiger partial charge in [-0.25, -0.2) is 0 Å². The van der Waals surface area contributed by atoms with Crippen molar-refractivity contribution in [1.82, 2.24) is 0 Å². The van der Waals surface area contributed by atoms with Crippen LogP contribution in [0.1, 0.15) is 160 Å². The molecule has 0 radical (unpaired) electrons. The summed E-state index contributed by atoms with van der Waals surface area (Å²) in [5.41, 5.74) is 17.2. The molecule has 4 aromatic carbocycles. The van der Waals surface area contributed by atoms with Gasteiger partial charge >= 0.3 is 0 Å². The summed E-state index contributed by atoms with van der Waals surface area (Å²) in [6.07, 6.45) is 7.37. The Morgan fingerprint density at radius 3 is 2.18 bits per heavy atom. The second-order valence-corrected chi connectivity index (χ2v) is 23.3. The Labute approximate surface area is 342 Å². The van der Waals surface area contributed by atoms with Crippen molar-refractivity contribution in [2.24, 2.45) is 5.41 Å². The number of rotatable bonds is 3. The fourth-order valence-electron chi connectivity index (χ4n) is 12.5. The molecule has 6 unspecified atom stereocenters. The first-order valence-electron chi connectivity index (χ1n) is 21.7. The minimum atomic E-state index is -0.204. The average molecular weight is 760 g/mol. The molecule has 4 aliphatic heterocycles. The smallest absolute Gasteiger partial charge is 0.247 e. The molecular weight excluding hydrogens is 697 g/mol. The SMILES string of the molecule is Cc1cc2c3c(c1)N(c1cccc(C(C)(C)C)c1)c1cc4c(cc1B3C1=C(OC3(C)CCCC13C)C2C(C)c1ccc(C(C)(C)C)cc1)SC1(C)CCCC41C. The third-order valence-corrected chi connectivity index (χ3v) is 18.0. The highest BCUT2D eigenvalue weighted by Crippen LogP contribution is 2.67. The van der Waals surface area contributed by atoms with Gasteiger partial charge in [-0.2, -0.15) is 0 Å². The number of anilines is 3. The van der Waals surface area contributed by atoms with E-state index in [2.05, 4.69) is 173 Å². The van der Waals surface area contributed by atoms with Gasteiger partial charge in [0.05, 0.1) is 5.76 Å². The third-order valence-electron chi connectivity index (χ3n) is 16.3. The predicted molar refractivity (Wildman–Crippen MR) is 240 cm³/mol. The molecule has 4 heteroatoms. The second kappa shape index (κ2) is 11.6. The van der Waals surface area contributed by atoms with Crippen molar-refractivity contribution in [3.8, 4) is 0 Å². The van der Waals surface area contributed by atoms with Crippen molar-refractivity contribution in [3.05, 3.63) is 117 Å². The summed E-state index contributed by atoms with van der Waals surface area (Å²) in [6, 6.07) is 29.5. The van der Waals surface area contributed by atoms with Gasteiger partial charge in [-0.05, 0) is 144 Å². The molecule has 2 nitrogen and oxygen atoms in total. The molecule has 6 aliphatic rings. The number of hydrogen-bond donors (Lipinski definition) is 0. The van der Waals surface area contributed by atoms with Crippen molar-refractivity contribution < 1.29 is 4.74 Å². The minimum absolute atomic E-state index is 0.0346. The molecule has 2 fully saturated rings. The summed E-state index contributed by atoms with van der Waals surface area (Å²) in [5, 5.41) is 0. The Morgan fingerprint density at radius 2 is 1.46 bits per heavy atom. The molecule has 2 saturated carbocycles. The Morgan fingerprint density at radius 1 is 0.768 bits per heavy atom. The van der Waals surface area contributed by atoms with Crippen molar-refractivity contribution >= 4 is 46.5 Å². The molecule has 0 bridgehead atoms. The van der Waals surface area contributed by atoms with E-state index in [4.69, 9.17) is 4.74 Å². The topological polar surface area (TPSA) is 12.5 Å². The zero-order valence-corrected chi connectivity index (χ0v) is 37.0. The van der Waals surface area contributed by atoms with Gasteiger partial charge < -0.3 is 9.64 Å². The largest absolute Gasteiger partial charge is 0.491 e. The molecule has 0 N–H and O–H groups in total. The van der Waals surface area contributed by atoms with E-state index in [0.29, 0.717) is 0 Å². The molecule has 0 amide bonds. The highest BCUT2D eigenvalue weighted by Gasteiger charge is 2.65. The lowest BCUT2D eigenvalue weighted by molar-refractivity contribution is -0.0164. The van der Waals surface area contributed by atoms with Crippen LogP contribution < -0.4 is 15.8 Å². The van der Waals surface area contributed by atoms with Crippen LogP contribution >= 0.6 is 11.8 Å². The van der Waals surface area contributed by atoms with Crippen LogP contribution in [-0.2, 0) is 21.0 Å². The molecule has 4 heterocycles. The number of nitrogens with zero attached hydrogens (tertiary/aromatic N) is 1.